The molecule has 1 unspecified atom stereocenters. The highest BCUT2D eigenvalue weighted by molar-refractivity contribution is 6.08. The van der Waals surface area contributed by atoms with E-state index in [0.717, 1.165) is 68.5 Å². The third-order valence-electron chi connectivity index (χ3n) is 9.27. The van der Waals surface area contributed by atoms with E-state index in [4.69, 9.17) is 4.74 Å². The molecule has 0 aliphatic carbocycles. The Morgan fingerprint density at radius 1 is 1.07 bits per heavy atom. The molecule has 2 aliphatic rings. The van der Waals surface area contributed by atoms with Crippen molar-refractivity contribution in [1.82, 2.24) is 24.7 Å². The summed E-state index contributed by atoms with van der Waals surface area (Å²) in [6.07, 6.45) is 3.80. The lowest BCUT2D eigenvalue weighted by Crippen LogP contribution is -2.45. The van der Waals surface area contributed by atoms with Crippen molar-refractivity contribution in [2.24, 2.45) is 11.8 Å². The Balaban J connectivity index is 1.32. The number of ether oxygens (including phenoxy) is 1. The second kappa shape index (κ2) is 12.1. The summed E-state index contributed by atoms with van der Waals surface area (Å²) in [5.74, 6) is 1.13. The fraction of sp³-hybridized carbons (Fsp3) is 0.531. The van der Waals surface area contributed by atoms with E-state index in [2.05, 4.69) is 44.7 Å². The number of likely N-dealkylation sites (tertiary alicyclic amines) is 2. The predicted molar refractivity (Wildman–Crippen MR) is 160 cm³/mol. The Hall–Kier alpha value is -3.59. The summed E-state index contributed by atoms with van der Waals surface area (Å²) in [6, 6.07) is 9.95. The molecule has 2 saturated heterocycles. The normalized spacial score (nSPS) is 18.0. The van der Waals surface area contributed by atoms with Crippen LogP contribution in [0.4, 0.5) is 0 Å². The van der Waals surface area contributed by atoms with E-state index in [9.17, 15) is 14.4 Å². The van der Waals surface area contributed by atoms with Crippen molar-refractivity contribution in [3.63, 3.8) is 0 Å². The SMILES string of the molecule is COc1cc(C)[nH]c(=O)c1CNC(=O)c1c(C)n(C(C)C2CCN(C(=O)C3CCN(C)CC3)CC2)c2ccccc12. The van der Waals surface area contributed by atoms with Crippen LogP contribution in [-0.4, -0.2) is 71.5 Å². The number of H-pyrrole nitrogens is 1. The number of piperidine rings is 2. The highest BCUT2D eigenvalue weighted by Crippen LogP contribution is 2.36. The number of aryl methyl sites for hydroxylation is 1. The number of aromatic nitrogens is 2. The van der Waals surface area contributed by atoms with Crippen molar-refractivity contribution in [2.75, 3.05) is 40.3 Å². The Morgan fingerprint density at radius 2 is 1.76 bits per heavy atom. The first-order chi connectivity index (χ1) is 19.7. The van der Waals surface area contributed by atoms with Crippen LogP contribution in [0.1, 0.15) is 66.0 Å². The van der Waals surface area contributed by atoms with Gasteiger partial charge in [0.15, 0.2) is 0 Å². The third-order valence-corrected chi connectivity index (χ3v) is 9.27. The number of hydrogen-bond donors (Lipinski definition) is 2. The summed E-state index contributed by atoms with van der Waals surface area (Å²) < 4.78 is 7.70. The van der Waals surface area contributed by atoms with Gasteiger partial charge >= 0.3 is 0 Å². The number of carbonyl (C=O) groups excluding carboxylic acids is 2. The zero-order chi connectivity index (χ0) is 29.3. The third kappa shape index (κ3) is 5.77. The van der Waals surface area contributed by atoms with Crippen LogP contribution in [0.15, 0.2) is 35.1 Å². The standard InChI is InChI=1S/C32H43N5O4/c1-20-18-28(41-5)26(30(38)34-20)19-33-31(39)29-22(3)37(27-9-7-6-8-25(27)29)21(2)23-12-16-36(17-13-23)32(40)24-10-14-35(4)15-11-24/h6-9,18,21,23-24H,10-17,19H2,1-5H3,(H,33,39)(H,34,38). The Labute approximate surface area is 241 Å². The van der Waals surface area contributed by atoms with Crippen LogP contribution in [0.3, 0.4) is 0 Å². The molecule has 9 nitrogen and oxygen atoms in total. The van der Waals surface area contributed by atoms with Gasteiger partial charge in [0.05, 0.1) is 24.8 Å². The summed E-state index contributed by atoms with van der Waals surface area (Å²) in [7, 11) is 3.64. The van der Waals surface area contributed by atoms with Crippen molar-refractivity contribution in [2.45, 2.75) is 59.0 Å². The second-order valence-electron chi connectivity index (χ2n) is 11.8. The van der Waals surface area contributed by atoms with E-state index in [1.165, 1.54) is 7.11 Å². The lowest BCUT2D eigenvalue weighted by Gasteiger charge is -2.38. The lowest BCUT2D eigenvalue weighted by atomic mass is 9.88. The quantitative estimate of drug-likeness (QED) is 0.454. The van der Waals surface area contributed by atoms with Gasteiger partial charge in [-0.2, -0.15) is 0 Å². The molecular weight excluding hydrogens is 518 g/mol. The molecule has 3 aromatic rings. The number of carbonyl (C=O) groups is 2. The van der Waals surface area contributed by atoms with Gasteiger partial charge in [-0.1, -0.05) is 18.2 Å². The predicted octanol–water partition coefficient (Wildman–Crippen LogP) is 4.03. The molecule has 2 amide bonds. The van der Waals surface area contributed by atoms with Crippen LogP contribution in [0.2, 0.25) is 0 Å². The average molecular weight is 562 g/mol. The van der Waals surface area contributed by atoms with E-state index < -0.39 is 0 Å². The van der Waals surface area contributed by atoms with Crippen molar-refractivity contribution in [1.29, 1.82) is 0 Å². The fourth-order valence-electron chi connectivity index (χ4n) is 6.82. The van der Waals surface area contributed by atoms with Gasteiger partial charge in [0.2, 0.25) is 5.91 Å². The number of benzene rings is 1. The van der Waals surface area contributed by atoms with Crippen molar-refractivity contribution in [3.05, 3.63) is 63.2 Å². The number of methoxy groups -OCH3 is 1. The van der Waals surface area contributed by atoms with Crippen LogP contribution in [0, 0.1) is 25.7 Å². The van der Waals surface area contributed by atoms with Crippen molar-refractivity contribution >= 4 is 22.7 Å². The minimum Gasteiger partial charge on any atom is -0.496 e. The minimum absolute atomic E-state index is 0.0654. The van der Waals surface area contributed by atoms with Gasteiger partial charge < -0.3 is 29.4 Å². The number of pyridine rings is 1. The molecule has 0 bridgehead atoms. The van der Waals surface area contributed by atoms with Gasteiger partial charge in [0.25, 0.3) is 11.5 Å². The number of amides is 2. The smallest absolute Gasteiger partial charge is 0.256 e. The molecule has 2 fully saturated rings. The molecule has 220 valence electrons. The van der Waals surface area contributed by atoms with Gasteiger partial charge in [-0.25, -0.2) is 0 Å². The van der Waals surface area contributed by atoms with E-state index >= 15 is 0 Å². The number of rotatable bonds is 7. The molecule has 4 heterocycles. The summed E-state index contributed by atoms with van der Waals surface area (Å²) >= 11 is 0. The Kier molecular flexibility index (Phi) is 8.54. The molecule has 1 aromatic carbocycles. The maximum absolute atomic E-state index is 13.6. The van der Waals surface area contributed by atoms with Gasteiger partial charge in [-0.3, -0.25) is 14.4 Å². The molecular formula is C32H43N5O4. The van der Waals surface area contributed by atoms with Crippen LogP contribution in [0.5, 0.6) is 5.75 Å². The van der Waals surface area contributed by atoms with E-state index in [0.29, 0.717) is 34.4 Å². The first kappa shape index (κ1) is 28.9. The molecule has 2 N–H and O–H groups in total. The zero-order valence-corrected chi connectivity index (χ0v) is 25.0. The Morgan fingerprint density at radius 3 is 2.44 bits per heavy atom. The fourth-order valence-corrected chi connectivity index (χ4v) is 6.82. The van der Waals surface area contributed by atoms with E-state index in [1.807, 2.05) is 25.1 Å². The molecule has 0 radical (unpaired) electrons. The molecule has 9 heteroatoms. The number of para-hydroxylation sites is 1. The molecule has 2 aliphatic heterocycles. The topological polar surface area (TPSA) is 99.7 Å². The number of hydrogen-bond acceptors (Lipinski definition) is 5. The summed E-state index contributed by atoms with van der Waals surface area (Å²) in [5.41, 5.74) is 3.39. The van der Waals surface area contributed by atoms with Crippen LogP contribution >= 0.6 is 0 Å². The number of aromatic amines is 1. The lowest BCUT2D eigenvalue weighted by molar-refractivity contribution is -0.138. The molecule has 1 atom stereocenters. The number of nitrogens with one attached hydrogen (secondary N) is 2. The molecule has 0 saturated carbocycles. The zero-order valence-electron chi connectivity index (χ0n) is 25.0. The molecule has 5 rings (SSSR count). The highest BCUT2D eigenvalue weighted by Gasteiger charge is 2.33. The molecule has 0 spiro atoms. The number of fused-ring (bicyclic) bond motifs is 1. The summed E-state index contributed by atoms with van der Waals surface area (Å²) in [5, 5.41) is 3.86. The number of nitrogens with zero attached hydrogens (tertiary/aromatic N) is 3. The molecule has 2 aromatic heterocycles. The minimum atomic E-state index is -0.268. The van der Waals surface area contributed by atoms with Gasteiger partial charge in [0.1, 0.15) is 5.75 Å². The first-order valence-electron chi connectivity index (χ1n) is 14.8. The summed E-state index contributed by atoms with van der Waals surface area (Å²) in [6.45, 7) is 9.67. The van der Waals surface area contributed by atoms with Crippen molar-refractivity contribution < 1.29 is 14.3 Å². The van der Waals surface area contributed by atoms with Gasteiger partial charge in [-0.05, 0) is 84.6 Å². The largest absolute Gasteiger partial charge is 0.496 e. The van der Waals surface area contributed by atoms with E-state index in [-0.39, 0.29) is 30.0 Å². The van der Waals surface area contributed by atoms with E-state index in [1.54, 1.807) is 13.0 Å². The van der Waals surface area contributed by atoms with Crippen molar-refractivity contribution in [3.8, 4) is 5.75 Å². The van der Waals surface area contributed by atoms with Crippen LogP contribution < -0.4 is 15.6 Å². The average Bonchev–Trinajstić information content (AvgIpc) is 3.27. The maximum Gasteiger partial charge on any atom is 0.256 e. The van der Waals surface area contributed by atoms with Crippen LogP contribution in [-0.2, 0) is 11.3 Å². The van der Waals surface area contributed by atoms with Crippen LogP contribution in [0.25, 0.3) is 10.9 Å². The van der Waals surface area contributed by atoms with Gasteiger partial charge in [0, 0.05) is 47.3 Å². The molecule has 41 heavy (non-hydrogen) atoms. The first-order valence-corrected chi connectivity index (χ1v) is 14.8. The maximum atomic E-state index is 13.6. The monoisotopic (exact) mass is 561 g/mol. The highest BCUT2D eigenvalue weighted by atomic mass is 16.5. The Bertz CT molecular complexity index is 1480. The van der Waals surface area contributed by atoms with Gasteiger partial charge in [-0.15, -0.1) is 0 Å². The second-order valence-corrected chi connectivity index (χ2v) is 11.8. The summed E-state index contributed by atoms with van der Waals surface area (Å²) in [4.78, 5) is 46.5.